The van der Waals surface area contributed by atoms with Crippen LogP contribution in [-0.2, 0) is 9.59 Å². The Kier molecular flexibility index (Phi) is 3.91. The van der Waals surface area contributed by atoms with Gasteiger partial charge in [0.2, 0.25) is 5.91 Å². The van der Waals surface area contributed by atoms with E-state index in [1.165, 1.54) is 0 Å². The van der Waals surface area contributed by atoms with Crippen LogP contribution in [0, 0.1) is 17.3 Å². The molecule has 2 aliphatic carbocycles. The van der Waals surface area contributed by atoms with Crippen LogP contribution in [0.25, 0.3) is 0 Å². The summed E-state index contributed by atoms with van der Waals surface area (Å²) in [6.07, 6.45) is 1.57. The van der Waals surface area contributed by atoms with Crippen LogP contribution in [0.2, 0.25) is 0 Å². The van der Waals surface area contributed by atoms with E-state index in [-0.39, 0.29) is 23.0 Å². The lowest BCUT2D eigenvalue weighted by atomic mass is 9.93. The van der Waals surface area contributed by atoms with Crippen LogP contribution in [0.4, 0.5) is 0 Å². The normalized spacial score (nSPS) is 25.7. The number of rotatable bonds is 5. The molecule has 0 spiro atoms. The molecule has 23 heavy (non-hydrogen) atoms. The standard InChI is InChI=1S/C20H25NO2/c1-5-14(13-9-7-6-8-10-13)19(23)21-16-11-15-18(20(15,3)4)17(16)12(2)22/h6-10,14-15,18H,5,11H2,1-4H3,(H,21,23)/t14-,15+,18-/m1/s1. The molecule has 1 aromatic carbocycles. The van der Waals surface area contributed by atoms with E-state index in [1.54, 1.807) is 6.92 Å². The van der Waals surface area contributed by atoms with Gasteiger partial charge in [0.1, 0.15) is 0 Å². The lowest BCUT2D eigenvalue weighted by Crippen LogP contribution is -2.30. The molecule has 3 rings (SSSR count). The molecule has 1 amide bonds. The van der Waals surface area contributed by atoms with Crippen molar-refractivity contribution in [3.8, 4) is 0 Å². The smallest absolute Gasteiger partial charge is 0.231 e. The van der Waals surface area contributed by atoms with Crippen molar-refractivity contribution in [3.05, 3.63) is 47.2 Å². The first kappa shape index (κ1) is 16.0. The molecule has 0 aromatic heterocycles. The fourth-order valence-corrected chi connectivity index (χ4v) is 4.26. The number of nitrogens with one attached hydrogen (secondary N) is 1. The van der Waals surface area contributed by atoms with Gasteiger partial charge in [-0.05, 0) is 42.6 Å². The number of ketones is 1. The first-order valence-electron chi connectivity index (χ1n) is 8.47. The number of allylic oxidation sites excluding steroid dienone is 2. The van der Waals surface area contributed by atoms with E-state index in [0.717, 1.165) is 29.7 Å². The summed E-state index contributed by atoms with van der Waals surface area (Å²) in [5.74, 6) is 0.778. The molecule has 0 unspecified atom stereocenters. The van der Waals surface area contributed by atoms with Crippen LogP contribution in [0.1, 0.15) is 52.0 Å². The summed E-state index contributed by atoms with van der Waals surface area (Å²) < 4.78 is 0. The average molecular weight is 311 g/mol. The van der Waals surface area contributed by atoms with Gasteiger partial charge in [0.05, 0.1) is 5.92 Å². The summed E-state index contributed by atoms with van der Waals surface area (Å²) in [7, 11) is 0. The van der Waals surface area contributed by atoms with Crippen molar-refractivity contribution < 1.29 is 9.59 Å². The fraction of sp³-hybridized carbons (Fsp3) is 0.500. The quantitative estimate of drug-likeness (QED) is 0.898. The highest BCUT2D eigenvalue weighted by molar-refractivity contribution is 5.97. The zero-order valence-corrected chi connectivity index (χ0v) is 14.3. The SMILES string of the molecule is CC[C@@H](C(=O)NC1=C(C(C)=O)[C@H]2[C@H](C1)C2(C)C)c1ccccc1. The molecule has 3 nitrogen and oxygen atoms in total. The summed E-state index contributed by atoms with van der Waals surface area (Å²) in [6, 6.07) is 9.85. The van der Waals surface area contributed by atoms with Crippen LogP contribution in [0.3, 0.4) is 0 Å². The Morgan fingerprint density at radius 1 is 1.26 bits per heavy atom. The predicted molar refractivity (Wildman–Crippen MR) is 90.7 cm³/mol. The molecule has 0 aliphatic heterocycles. The summed E-state index contributed by atoms with van der Waals surface area (Å²) >= 11 is 0. The van der Waals surface area contributed by atoms with Crippen LogP contribution in [0.5, 0.6) is 0 Å². The summed E-state index contributed by atoms with van der Waals surface area (Å²) in [6.45, 7) is 8.06. The van der Waals surface area contributed by atoms with Gasteiger partial charge >= 0.3 is 0 Å². The molecule has 0 bridgehead atoms. The van der Waals surface area contributed by atoms with Gasteiger partial charge in [-0.2, -0.15) is 0 Å². The van der Waals surface area contributed by atoms with Gasteiger partial charge < -0.3 is 5.32 Å². The van der Waals surface area contributed by atoms with E-state index in [9.17, 15) is 9.59 Å². The minimum absolute atomic E-state index is 0.00607. The molecule has 2 aliphatic rings. The molecule has 0 heterocycles. The Balaban J connectivity index is 1.81. The predicted octanol–water partition coefficient (Wildman–Crippen LogP) is 3.82. The van der Waals surface area contributed by atoms with E-state index in [2.05, 4.69) is 19.2 Å². The Hall–Kier alpha value is -1.90. The maximum atomic E-state index is 12.7. The third-order valence-electron chi connectivity index (χ3n) is 5.69. The molecule has 122 valence electrons. The average Bonchev–Trinajstić information content (AvgIpc) is 2.85. The molecular weight excluding hydrogens is 286 g/mol. The number of amides is 1. The van der Waals surface area contributed by atoms with Crippen molar-refractivity contribution in [2.75, 3.05) is 0 Å². The van der Waals surface area contributed by atoms with Crippen molar-refractivity contribution in [1.82, 2.24) is 5.32 Å². The Bertz CT molecular complexity index is 672. The zero-order chi connectivity index (χ0) is 16.8. The third kappa shape index (κ3) is 2.62. The van der Waals surface area contributed by atoms with E-state index >= 15 is 0 Å². The highest BCUT2D eigenvalue weighted by Gasteiger charge is 2.64. The summed E-state index contributed by atoms with van der Waals surface area (Å²) in [5.41, 5.74) is 2.96. The summed E-state index contributed by atoms with van der Waals surface area (Å²) in [5, 5.41) is 3.08. The maximum absolute atomic E-state index is 12.7. The number of Topliss-reactive ketones (excluding diaryl/α,β-unsaturated/α-hetero) is 1. The van der Waals surface area contributed by atoms with Gasteiger partial charge in [0.25, 0.3) is 0 Å². The highest BCUT2D eigenvalue weighted by Crippen LogP contribution is 2.68. The second kappa shape index (κ2) is 5.63. The van der Waals surface area contributed by atoms with E-state index in [1.807, 2.05) is 37.3 Å². The number of hydrogen-bond donors (Lipinski definition) is 1. The first-order chi connectivity index (χ1) is 10.9. The monoisotopic (exact) mass is 311 g/mol. The van der Waals surface area contributed by atoms with E-state index in [4.69, 9.17) is 0 Å². The van der Waals surface area contributed by atoms with E-state index < -0.39 is 0 Å². The Labute approximate surface area is 138 Å². The highest BCUT2D eigenvalue weighted by atomic mass is 16.2. The Morgan fingerprint density at radius 3 is 2.48 bits per heavy atom. The van der Waals surface area contributed by atoms with Crippen LogP contribution in [-0.4, -0.2) is 11.7 Å². The molecule has 1 N–H and O–H groups in total. The number of hydrogen-bond acceptors (Lipinski definition) is 2. The zero-order valence-electron chi connectivity index (χ0n) is 14.3. The van der Waals surface area contributed by atoms with Gasteiger partial charge in [-0.15, -0.1) is 0 Å². The van der Waals surface area contributed by atoms with Crippen molar-refractivity contribution in [1.29, 1.82) is 0 Å². The summed E-state index contributed by atoms with van der Waals surface area (Å²) in [4.78, 5) is 24.8. The van der Waals surface area contributed by atoms with Gasteiger partial charge in [-0.1, -0.05) is 51.1 Å². The molecule has 1 fully saturated rings. The lowest BCUT2D eigenvalue weighted by molar-refractivity contribution is -0.122. The van der Waals surface area contributed by atoms with E-state index in [0.29, 0.717) is 11.8 Å². The second-order valence-corrected chi connectivity index (χ2v) is 7.42. The number of carbonyl (C=O) groups excluding carboxylic acids is 2. The number of carbonyl (C=O) groups is 2. The third-order valence-corrected chi connectivity index (χ3v) is 5.69. The molecule has 0 saturated heterocycles. The molecule has 3 atom stereocenters. The lowest BCUT2D eigenvalue weighted by Gasteiger charge is -2.19. The number of benzene rings is 1. The molecule has 3 heteroatoms. The largest absolute Gasteiger partial charge is 0.329 e. The van der Waals surface area contributed by atoms with Crippen LogP contribution < -0.4 is 5.32 Å². The Morgan fingerprint density at radius 2 is 1.91 bits per heavy atom. The maximum Gasteiger partial charge on any atom is 0.231 e. The van der Waals surface area contributed by atoms with Crippen molar-refractivity contribution in [2.24, 2.45) is 17.3 Å². The molecular formula is C20H25NO2. The molecule has 1 saturated carbocycles. The van der Waals surface area contributed by atoms with Crippen molar-refractivity contribution in [3.63, 3.8) is 0 Å². The van der Waals surface area contributed by atoms with Gasteiger partial charge in [0, 0.05) is 11.3 Å². The van der Waals surface area contributed by atoms with Gasteiger partial charge in [-0.3, -0.25) is 9.59 Å². The first-order valence-corrected chi connectivity index (χ1v) is 8.47. The van der Waals surface area contributed by atoms with Gasteiger partial charge in [0.15, 0.2) is 5.78 Å². The number of fused-ring (bicyclic) bond motifs is 1. The topological polar surface area (TPSA) is 46.2 Å². The fourth-order valence-electron chi connectivity index (χ4n) is 4.26. The second-order valence-electron chi connectivity index (χ2n) is 7.42. The minimum atomic E-state index is -0.165. The molecule has 1 aromatic rings. The van der Waals surface area contributed by atoms with Gasteiger partial charge in [-0.25, -0.2) is 0 Å². The van der Waals surface area contributed by atoms with Crippen LogP contribution >= 0.6 is 0 Å². The molecule has 0 radical (unpaired) electrons. The van der Waals surface area contributed by atoms with Crippen LogP contribution in [0.15, 0.2) is 41.6 Å². The van der Waals surface area contributed by atoms with Crippen molar-refractivity contribution >= 4 is 11.7 Å². The minimum Gasteiger partial charge on any atom is -0.329 e. The van der Waals surface area contributed by atoms with Crippen molar-refractivity contribution in [2.45, 2.75) is 46.5 Å².